The molecule has 0 aliphatic heterocycles. The molecule has 0 bridgehead atoms. The highest BCUT2D eigenvalue weighted by Gasteiger charge is 2.26. The Balaban J connectivity index is 1.47. The molecule has 4 aromatic rings. The van der Waals surface area contributed by atoms with Crippen LogP contribution in [0.1, 0.15) is 44.5 Å². The highest BCUT2D eigenvalue weighted by atomic mass is 32.1. The van der Waals surface area contributed by atoms with Crippen molar-refractivity contribution in [3.63, 3.8) is 0 Å². The molecular weight excluding hydrogens is 448 g/mol. The summed E-state index contributed by atoms with van der Waals surface area (Å²) in [6, 6.07) is 23.1. The topological polar surface area (TPSA) is 69.2 Å². The van der Waals surface area contributed by atoms with Crippen LogP contribution >= 0.6 is 22.7 Å². The van der Waals surface area contributed by atoms with Gasteiger partial charge in [-0.25, -0.2) is 0 Å². The predicted octanol–water partition coefficient (Wildman–Crippen LogP) is 7.97. The van der Waals surface area contributed by atoms with E-state index in [0.29, 0.717) is 0 Å². The van der Waals surface area contributed by atoms with Gasteiger partial charge in [-0.05, 0) is 71.8 Å². The van der Waals surface area contributed by atoms with Gasteiger partial charge in [0.2, 0.25) is 0 Å². The number of non-ortho nitro benzene ring substituents is 1. The molecule has 166 valence electrons. The van der Waals surface area contributed by atoms with Crippen LogP contribution in [0.3, 0.4) is 0 Å². The van der Waals surface area contributed by atoms with Crippen LogP contribution in [-0.2, 0) is 5.41 Å². The number of nitrogens with two attached hydrogens (primary N) is 1. The molecule has 0 saturated carbocycles. The molecule has 2 aromatic heterocycles. The van der Waals surface area contributed by atoms with E-state index in [9.17, 15) is 10.1 Å². The number of nitrogens with zero attached hydrogens (tertiary/aromatic N) is 1. The van der Waals surface area contributed by atoms with Crippen molar-refractivity contribution in [3.8, 4) is 0 Å². The van der Waals surface area contributed by atoms with Gasteiger partial charge in [0.25, 0.3) is 5.69 Å². The number of hydrogen-bond donors (Lipinski definition) is 1. The molecule has 4 rings (SSSR count). The fourth-order valence-electron chi connectivity index (χ4n) is 3.35. The van der Waals surface area contributed by atoms with Crippen LogP contribution in [0.2, 0.25) is 0 Å². The Kier molecular flexibility index (Phi) is 6.58. The Morgan fingerprint density at radius 2 is 1.18 bits per heavy atom. The van der Waals surface area contributed by atoms with Gasteiger partial charge in [-0.15, -0.1) is 22.7 Å². The third kappa shape index (κ3) is 5.48. The minimum atomic E-state index is -0.384. The van der Waals surface area contributed by atoms with E-state index >= 15 is 0 Å². The zero-order valence-electron chi connectivity index (χ0n) is 18.4. The number of anilines is 1. The lowest BCUT2D eigenvalue weighted by Crippen LogP contribution is -2.15. The van der Waals surface area contributed by atoms with Crippen molar-refractivity contribution in [2.24, 2.45) is 0 Å². The zero-order chi connectivity index (χ0) is 23.4. The van der Waals surface area contributed by atoms with E-state index in [0.717, 1.165) is 21.7 Å². The second kappa shape index (κ2) is 9.57. The van der Waals surface area contributed by atoms with E-state index in [2.05, 4.69) is 56.3 Å². The molecule has 0 aliphatic carbocycles. The highest BCUT2D eigenvalue weighted by molar-refractivity contribution is 7.14. The van der Waals surface area contributed by atoms with Crippen molar-refractivity contribution in [1.82, 2.24) is 0 Å². The summed E-state index contributed by atoms with van der Waals surface area (Å²) < 4.78 is 0. The number of nitro benzene ring substituents is 1. The average Bonchev–Trinajstić information content (AvgIpc) is 3.48. The Bertz CT molecular complexity index is 1310. The van der Waals surface area contributed by atoms with Crippen LogP contribution in [0.4, 0.5) is 11.4 Å². The number of hydrogen-bond acceptors (Lipinski definition) is 5. The second-order valence-electron chi connectivity index (χ2n) is 8.21. The lowest BCUT2D eigenvalue weighted by Gasteiger charge is -2.21. The third-order valence-electron chi connectivity index (χ3n) is 5.41. The number of nitrogen functional groups attached to an aromatic ring is 1. The summed E-state index contributed by atoms with van der Waals surface area (Å²) in [7, 11) is 0. The van der Waals surface area contributed by atoms with Crippen LogP contribution in [-0.4, -0.2) is 4.92 Å². The Morgan fingerprint density at radius 1 is 0.727 bits per heavy atom. The maximum atomic E-state index is 10.8. The van der Waals surface area contributed by atoms with Crippen molar-refractivity contribution >= 4 is 58.4 Å². The maximum Gasteiger partial charge on any atom is 0.269 e. The van der Waals surface area contributed by atoms with E-state index in [1.807, 2.05) is 30.3 Å². The first-order chi connectivity index (χ1) is 15.8. The van der Waals surface area contributed by atoms with Crippen molar-refractivity contribution in [3.05, 3.63) is 114 Å². The summed E-state index contributed by atoms with van der Waals surface area (Å²) in [5, 5.41) is 10.8. The van der Waals surface area contributed by atoms with Crippen molar-refractivity contribution < 1.29 is 4.92 Å². The molecule has 0 saturated heterocycles. The van der Waals surface area contributed by atoms with Gasteiger partial charge in [-0.3, -0.25) is 10.1 Å². The molecule has 0 atom stereocenters. The van der Waals surface area contributed by atoms with Gasteiger partial charge in [0.1, 0.15) is 0 Å². The summed E-state index contributed by atoms with van der Waals surface area (Å²) in [5.74, 6) is 0. The fourth-order valence-corrected chi connectivity index (χ4v) is 5.47. The molecule has 0 unspecified atom stereocenters. The van der Waals surface area contributed by atoms with E-state index in [4.69, 9.17) is 5.73 Å². The summed E-state index contributed by atoms with van der Waals surface area (Å²) >= 11 is 3.57. The molecule has 2 aromatic carbocycles. The van der Waals surface area contributed by atoms with Gasteiger partial charge in [0.05, 0.1) is 4.92 Å². The second-order valence-corrected chi connectivity index (χ2v) is 10.4. The van der Waals surface area contributed by atoms with E-state index in [1.54, 1.807) is 34.8 Å². The molecule has 0 aliphatic rings. The first kappa shape index (κ1) is 22.7. The summed E-state index contributed by atoms with van der Waals surface area (Å²) in [5.41, 5.74) is 8.60. The van der Waals surface area contributed by atoms with Crippen LogP contribution in [0.25, 0.3) is 24.3 Å². The maximum absolute atomic E-state index is 10.8. The molecule has 0 spiro atoms. The summed E-state index contributed by atoms with van der Waals surface area (Å²) in [6.45, 7) is 4.50. The summed E-state index contributed by atoms with van der Waals surface area (Å²) in [6.07, 6.45) is 8.29. The standard InChI is InChI=1S/C27H24N2O2S2/c1-27(2,25-17-15-23(32-25)13-7-19-3-9-21(28)10-4-19)26-18-16-24(33-26)14-8-20-5-11-22(12-6-20)29(30)31/h3-18H,28H2,1-2H3/b13-7+,14-8+. The molecule has 0 amide bonds. The van der Waals surface area contributed by atoms with Crippen LogP contribution in [0.5, 0.6) is 0 Å². The Morgan fingerprint density at radius 3 is 1.64 bits per heavy atom. The Hall–Kier alpha value is -3.48. The third-order valence-corrected chi connectivity index (χ3v) is 8.15. The van der Waals surface area contributed by atoms with Crippen molar-refractivity contribution in [2.75, 3.05) is 5.73 Å². The molecule has 0 radical (unpaired) electrons. The average molecular weight is 473 g/mol. The van der Waals surface area contributed by atoms with E-state index in [1.165, 1.54) is 26.8 Å². The minimum Gasteiger partial charge on any atom is -0.399 e. The SMILES string of the molecule is CC(C)(c1ccc(/C=C/c2ccc(N)cc2)s1)c1ccc(/C=C/c2ccc([N+](=O)[O-])cc2)s1. The first-order valence-corrected chi connectivity index (χ1v) is 12.1. The van der Waals surface area contributed by atoms with Crippen molar-refractivity contribution in [2.45, 2.75) is 19.3 Å². The molecule has 0 fully saturated rings. The normalized spacial score (nSPS) is 12.1. The van der Waals surface area contributed by atoms with Gasteiger partial charge < -0.3 is 5.73 Å². The lowest BCUT2D eigenvalue weighted by molar-refractivity contribution is -0.384. The molecule has 2 N–H and O–H groups in total. The number of thiophene rings is 2. The molecule has 33 heavy (non-hydrogen) atoms. The van der Waals surface area contributed by atoms with Gasteiger partial charge in [-0.1, -0.05) is 38.1 Å². The van der Waals surface area contributed by atoms with Crippen LogP contribution in [0.15, 0.2) is 72.8 Å². The molecular formula is C27H24N2O2S2. The monoisotopic (exact) mass is 472 g/mol. The smallest absolute Gasteiger partial charge is 0.269 e. The van der Waals surface area contributed by atoms with E-state index < -0.39 is 0 Å². The largest absolute Gasteiger partial charge is 0.399 e. The lowest BCUT2D eigenvalue weighted by atomic mass is 9.90. The summed E-state index contributed by atoms with van der Waals surface area (Å²) in [4.78, 5) is 15.4. The predicted molar refractivity (Wildman–Crippen MR) is 143 cm³/mol. The van der Waals surface area contributed by atoms with Gasteiger partial charge in [0, 0.05) is 42.7 Å². The van der Waals surface area contributed by atoms with Crippen molar-refractivity contribution in [1.29, 1.82) is 0 Å². The van der Waals surface area contributed by atoms with Gasteiger partial charge in [0.15, 0.2) is 0 Å². The molecule has 4 nitrogen and oxygen atoms in total. The van der Waals surface area contributed by atoms with E-state index in [-0.39, 0.29) is 16.0 Å². The van der Waals surface area contributed by atoms with Crippen LogP contribution < -0.4 is 5.73 Å². The van der Waals surface area contributed by atoms with Crippen LogP contribution in [0, 0.1) is 10.1 Å². The zero-order valence-corrected chi connectivity index (χ0v) is 20.0. The first-order valence-electron chi connectivity index (χ1n) is 10.5. The number of rotatable bonds is 7. The quantitative estimate of drug-likeness (QED) is 0.168. The number of nitro groups is 1. The highest BCUT2D eigenvalue weighted by Crippen LogP contribution is 2.40. The van der Waals surface area contributed by atoms with Gasteiger partial charge >= 0.3 is 0 Å². The number of benzene rings is 2. The fraction of sp³-hybridized carbons (Fsp3) is 0.111. The Labute approximate surface area is 201 Å². The molecule has 2 heterocycles. The molecule has 6 heteroatoms. The van der Waals surface area contributed by atoms with Gasteiger partial charge in [-0.2, -0.15) is 0 Å². The minimum absolute atomic E-state index is 0.0952.